The van der Waals surface area contributed by atoms with Gasteiger partial charge in [0.2, 0.25) is 0 Å². The Kier molecular flexibility index (Phi) is 4.40. The molecule has 0 bridgehead atoms. The number of aldehydes is 1. The molecule has 0 fully saturated rings. The van der Waals surface area contributed by atoms with Crippen LogP contribution in [0.25, 0.3) is 0 Å². The number of carbonyl (C=O) groups excluding carboxylic acids is 1. The maximum atomic E-state index is 13.0. The fourth-order valence-corrected chi connectivity index (χ4v) is 2.17. The van der Waals surface area contributed by atoms with Crippen LogP contribution in [-0.4, -0.2) is 6.29 Å². The highest BCUT2D eigenvalue weighted by Gasteiger charge is 2.10. The lowest BCUT2D eigenvalue weighted by molar-refractivity contribution is 0.111. The molecule has 2 aromatic rings. The van der Waals surface area contributed by atoms with E-state index in [-0.39, 0.29) is 28.8 Å². The van der Waals surface area contributed by atoms with E-state index in [4.69, 9.17) is 27.9 Å². The summed E-state index contributed by atoms with van der Waals surface area (Å²) >= 11 is 11.8. The van der Waals surface area contributed by atoms with E-state index in [1.807, 2.05) is 0 Å². The number of halogens is 3. The van der Waals surface area contributed by atoms with Gasteiger partial charge in [0, 0.05) is 5.02 Å². The molecular formula is C14H9Cl2FO2. The topological polar surface area (TPSA) is 26.3 Å². The quantitative estimate of drug-likeness (QED) is 0.776. The smallest absolute Gasteiger partial charge is 0.153 e. The lowest BCUT2D eigenvalue weighted by atomic mass is 10.2. The fraction of sp³-hybridized carbons (Fsp3) is 0.0714. The molecular weight excluding hydrogens is 290 g/mol. The van der Waals surface area contributed by atoms with Crippen LogP contribution in [-0.2, 0) is 6.61 Å². The molecule has 2 nitrogen and oxygen atoms in total. The number of benzene rings is 2. The zero-order chi connectivity index (χ0) is 13.8. The van der Waals surface area contributed by atoms with Crippen LogP contribution in [0.3, 0.4) is 0 Å². The third-order valence-corrected chi connectivity index (χ3v) is 2.94. The molecule has 0 saturated heterocycles. The molecule has 0 aliphatic rings. The van der Waals surface area contributed by atoms with Crippen LogP contribution < -0.4 is 4.74 Å². The van der Waals surface area contributed by atoms with Crippen molar-refractivity contribution < 1.29 is 13.9 Å². The van der Waals surface area contributed by atoms with Crippen LogP contribution in [0, 0.1) is 5.82 Å². The van der Waals surface area contributed by atoms with Gasteiger partial charge >= 0.3 is 0 Å². The van der Waals surface area contributed by atoms with E-state index in [9.17, 15) is 9.18 Å². The second-order valence-corrected chi connectivity index (χ2v) is 4.69. The second kappa shape index (κ2) is 6.04. The highest BCUT2D eigenvalue weighted by Crippen LogP contribution is 2.32. The van der Waals surface area contributed by atoms with Gasteiger partial charge in [-0.25, -0.2) is 4.39 Å². The Labute approximate surface area is 119 Å². The van der Waals surface area contributed by atoms with Crippen molar-refractivity contribution >= 4 is 29.5 Å². The molecule has 0 unspecified atom stereocenters. The van der Waals surface area contributed by atoms with Gasteiger partial charge in [-0.2, -0.15) is 0 Å². The molecule has 0 saturated carbocycles. The zero-order valence-corrected chi connectivity index (χ0v) is 11.2. The molecule has 0 amide bonds. The summed E-state index contributed by atoms with van der Waals surface area (Å²) in [5.74, 6) is -0.107. The third-order valence-electron chi connectivity index (χ3n) is 2.44. The van der Waals surface area contributed by atoms with Crippen molar-refractivity contribution in [3.05, 3.63) is 63.4 Å². The largest absolute Gasteiger partial charge is 0.487 e. The lowest BCUT2D eigenvalue weighted by Crippen LogP contribution is -1.99. The van der Waals surface area contributed by atoms with Gasteiger partial charge in [0.1, 0.15) is 18.2 Å². The van der Waals surface area contributed by atoms with Crippen LogP contribution in [0.4, 0.5) is 4.39 Å². The van der Waals surface area contributed by atoms with Crippen molar-refractivity contribution in [2.45, 2.75) is 6.61 Å². The molecule has 0 radical (unpaired) electrons. The summed E-state index contributed by atoms with van der Waals surface area (Å²) in [4.78, 5) is 10.9. The first-order chi connectivity index (χ1) is 9.10. The first-order valence-electron chi connectivity index (χ1n) is 5.41. The summed E-state index contributed by atoms with van der Waals surface area (Å²) in [6.45, 7) is 0.111. The van der Waals surface area contributed by atoms with E-state index in [0.29, 0.717) is 16.9 Å². The molecule has 2 rings (SSSR count). The molecule has 0 heterocycles. The number of hydrogen-bond acceptors (Lipinski definition) is 2. The predicted octanol–water partition coefficient (Wildman–Crippen LogP) is 4.52. The molecule has 0 aromatic heterocycles. The minimum atomic E-state index is -0.348. The van der Waals surface area contributed by atoms with E-state index < -0.39 is 0 Å². The highest BCUT2D eigenvalue weighted by molar-refractivity contribution is 6.36. The van der Waals surface area contributed by atoms with Crippen LogP contribution in [0.2, 0.25) is 10.0 Å². The monoisotopic (exact) mass is 298 g/mol. The molecule has 98 valence electrons. The minimum Gasteiger partial charge on any atom is -0.487 e. The fourth-order valence-electron chi connectivity index (χ4n) is 1.60. The van der Waals surface area contributed by atoms with Gasteiger partial charge < -0.3 is 4.74 Å². The summed E-state index contributed by atoms with van der Waals surface area (Å²) in [5.41, 5.74) is 0.900. The van der Waals surface area contributed by atoms with Crippen LogP contribution >= 0.6 is 23.2 Å². The van der Waals surface area contributed by atoms with Crippen molar-refractivity contribution in [2.24, 2.45) is 0 Å². The lowest BCUT2D eigenvalue weighted by Gasteiger charge is -2.11. The molecule has 5 heteroatoms. The summed E-state index contributed by atoms with van der Waals surface area (Å²) in [5, 5.41) is 0.594. The molecule has 2 aromatic carbocycles. The van der Waals surface area contributed by atoms with Gasteiger partial charge in [-0.05, 0) is 29.8 Å². The van der Waals surface area contributed by atoms with Crippen LogP contribution in [0.15, 0.2) is 36.4 Å². The van der Waals surface area contributed by atoms with Gasteiger partial charge in [0.05, 0.1) is 10.6 Å². The summed E-state index contributed by atoms with van der Waals surface area (Å²) < 4.78 is 18.5. The zero-order valence-electron chi connectivity index (χ0n) is 9.70. The average molecular weight is 299 g/mol. The normalized spacial score (nSPS) is 10.3. The van der Waals surface area contributed by atoms with E-state index in [0.717, 1.165) is 0 Å². The van der Waals surface area contributed by atoms with Crippen molar-refractivity contribution in [3.63, 3.8) is 0 Å². The number of rotatable bonds is 4. The standard InChI is InChI=1S/C14H9Cl2FO2/c15-11-5-10(7-18)14(13(16)6-11)19-8-9-2-1-3-12(17)4-9/h1-7H,8H2. The molecule has 0 N–H and O–H groups in total. The molecule has 0 aliphatic carbocycles. The molecule has 19 heavy (non-hydrogen) atoms. The van der Waals surface area contributed by atoms with E-state index in [1.165, 1.54) is 24.3 Å². The van der Waals surface area contributed by atoms with E-state index in [2.05, 4.69) is 0 Å². The SMILES string of the molecule is O=Cc1cc(Cl)cc(Cl)c1OCc1cccc(F)c1. The first-order valence-corrected chi connectivity index (χ1v) is 6.17. The van der Waals surface area contributed by atoms with Gasteiger partial charge in [-0.1, -0.05) is 35.3 Å². The summed E-state index contributed by atoms with van der Waals surface area (Å²) in [7, 11) is 0. The highest BCUT2D eigenvalue weighted by atomic mass is 35.5. The summed E-state index contributed by atoms with van der Waals surface area (Å²) in [6, 6.07) is 8.93. The number of ether oxygens (including phenoxy) is 1. The Morgan fingerprint density at radius 3 is 2.68 bits per heavy atom. The Bertz CT molecular complexity index is 614. The Hall–Kier alpha value is -1.58. The number of hydrogen-bond donors (Lipinski definition) is 0. The maximum Gasteiger partial charge on any atom is 0.153 e. The predicted molar refractivity (Wildman–Crippen MR) is 72.6 cm³/mol. The summed E-state index contributed by atoms with van der Waals surface area (Å²) in [6.07, 6.45) is 0.610. The van der Waals surface area contributed by atoms with E-state index >= 15 is 0 Å². The Morgan fingerprint density at radius 1 is 1.21 bits per heavy atom. The molecule has 0 spiro atoms. The average Bonchev–Trinajstić information content (AvgIpc) is 2.37. The van der Waals surface area contributed by atoms with Gasteiger partial charge in [-0.3, -0.25) is 4.79 Å². The molecule has 0 aliphatic heterocycles. The van der Waals surface area contributed by atoms with Crippen LogP contribution in [0.1, 0.15) is 15.9 Å². The first kappa shape index (κ1) is 13.8. The van der Waals surface area contributed by atoms with Crippen molar-refractivity contribution in [2.75, 3.05) is 0 Å². The van der Waals surface area contributed by atoms with Crippen molar-refractivity contribution in [1.82, 2.24) is 0 Å². The minimum absolute atomic E-state index is 0.111. The van der Waals surface area contributed by atoms with Crippen molar-refractivity contribution in [3.8, 4) is 5.75 Å². The van der Waals surface area contributed by atoms with Gasteiger partial charge in [-0.15, -0.1) is 0 Å². The van der Waals surface area contributed by atoms with E-state index in [1.54, 1.807) is 12.1 Å². The maximum absolute atomic E-state index is 13.0. The molecule has 0 atom stereocenters. The number of carbonyl (C=O) groups is 1. The van der Waals surface area contributed by atoms with Gasteiger partial charge in [0.25, 0.3) is 0 Å². The second-order valence-electron chi connectivity index (χ2n) is 3.84. The Morgan fingerprint density at radius 2 is 2.00 bits per heavy atom. The van der Waals surface area contributed by atoms with Crippen LogP contribution in [0.5, 0.6) is 5.75 Å². The third kappa shape index (κ3) is 3.46. The van der Waals surface area contributed by atoms with Crippen molar-refractivity contribution in [1.29, 1.82) is 0 Å². The Balaban J connectivity index is 2.22. The van der Waals surface area contributed by atoms with Gasteiger partial charge in [0.15, 0.2) is 6.29 Å².